The van der Waals surface area contributed by atoms with Crippen molar-refractivity contribution < 1.29 is 14.3 Å². The fraction of sp³-hybridized carbons (Fsp3) is 0.333. The van der Waals surface area contributed by atoms with Crippen LogP contribution in [0.3, 0.4) is 0 Å². The third kappa shape index (κ3) is 3.29. The predicted molar refractivity (Wildman–Crippen MR) is 99.3 cm³/mol. The van der Waals surface area contributed by atoms with E-state index >= 15 is 0 Å². The minimum Gasteiger partial charge on any atom is -0.482 e. The second kappa shape index (κ2) is 7.20. The van der Waals surface area contributed by atoms with E-state index in [4.69, 9.17) is 4.74 Å². The van der Waals surface area contributed by atoms with Crippen molar-refractivity contribution in [2.45, 2.75) is 25.8 Å². The van der Waals surface area contributed by atoms with Crippen LogP contribution in [-0.4, -0.2) is 36.4 Å². The molecule has 2 aliphatic heterocycles. The zero-order valence-corrected chi connectivity index (χ0v) is 14.7. The number of nitrogens with zero attached hydrogens (tertiary/aromatic N) is 2. The molecule has 0 aliphatic carbocycles. The Kier molecular flexibility index (Phi) is 4.61. The monoisotopic (exact) mass is 350 g/mol. The first-order chi connectivity index (χ1) is 12.7. The molecule has 1 saturated heterocycles. The molecular formula is C21H22N2O3. The zero-order valence-electron chi connectivity index (χ0n) is 14.7. The highest BCUT2D eigenvalue weighted by Gasteiger charge is 2.25. The van der Waals surface area contributed by atoms with Crippen LogP contribution in [0.5, 0.6) is 5.75 Å². The van der Waals surface area contributed by atoms with Gasteiger partial charge in [0, 0.05) is 18.7 Å². The number of carbonyl (C=O) groups excluding carboxylic acids is 2. The third-order valence-electron chi connectivity index (χ3n) is 4.97. The molecule has 0 saturated carbocycles. The molecule has 2 heterocycles. The lowest BCUT2D eigenvalue weighted by molar-refractivity contribution is -0.121. The molecule has 0 N–H and O–H groups in total. The number of anilines is 1. The van der Waals surface area contributed by atoms with Gasteiger partial charge in [0.25, 0.3) is 11.8 Å². The maximum Gasteiger partial charge on any atom is 0.265 e. The molecule has 1 fully saturated rings. The summed E-state index contributed by atoms with van der Waals surface area (Å²) >= 11 is 0. The van der Waals surface area contributed by atoms with E-state index in [0.29, 0.717) is 17.9 Å². The average molecular weight is 350 g/mol. The first-order valence-corrected chi connectivity index (χ1v) is 9.13. The normalized spacial score (nSPS) is 16.8. The minimum atomic E-state index is -0.0727. The summed E-state index contributed by atoms with van der Waals surface area (Å²) in [4.78, 5) is 28.7. The van der Waals surface area contributed by atoms with Gasteiger partial charge in [0.1, 0.15) is 5.75 Å². The van der Waals surface area contributed by atoms with Gasteiger partial charge in [-0.2, -0.15) is 0 Å². The number of hydrogen-bond acceptors (Lipinski definition) is 3. The number of amides is 2. The van der Waals surface area contributed by atoms with E-state index in [1.54, 1.807) is 4.90 Å². The molecule has 134 valence electrons. The van der Waals surface area contributed by atoms with Gasteiger partial charge in [-0.05, 0) is 49.1 Å². The van der Waals surface area contributed by atoms with E-state index in [1.807, 2.05) is 53.4 Å². The van der Waals surface area contributed by atoms with Gasteiger partial charge in [0.2, 0.25) is 0 Å². The van der Waals surface area contributed by atoms with Crippen molar-refractivity contribution in [3.63, 3.8) is 0 Å². The summed E-state index contributed by atoms with van der Waals surface area (Å²) in [5, 5.41) is 0. The number of likely N-dealkylation sites (tertiary alicyclic amines) is 1. The number of fused-ring (bicyclic) bond motifs is 1. The number of piperidine rings is 1. The topological polar surface area (TPSA) is 49.9 Å². The Bertz CT molecular complexity index is 828. The highest BCUT2D eigenvalue weighted by molar-refractivity contribution is 5.98. The van der Waals surface area contributed by atoms with Crippen LogP contribution in [0, 0.1) is 0 Å². The van der Waals surface area contributed by atoms with E-state index in [2.05, 4.69) is 0 Å². The van der Waals surface area contributed by atoms with Gasteiger partial charge in [-0.3, -0.25) is 9.59 Å². The van der Waals surface area contributed by atoms with Crippen molar-refractivity contribution in [2.75, 3.05) is 24.6 Å². The van der Waals surface area contributed by atoms with Gasteiger partial charge in [-0.25, -0.2) is 0 Å². The smallest absolute Gasteiger partial charge is 0.265 e. The Morgan fingerprint density at radius 2 is 1.81 bits per heavy atom. The zero-order chi connectivity index (χ0) is 17.9. The van der Waals surface area contributed by atoms with Crippen molar-refractivity contribution >= 4 is 17.5 Å². The summed E-state index contributed by atoms with van der Waals surface area (Å²) in [7, 11) is 0. The molecule has 2 amide bonds. The molecule has 0 bridgehead atoms. The summed E-state index contributed by atoms with van der Waals surface area (Å²) in [5.74, 6) is 0.726. The second-order valence-electron chi connectivity index (χ2n) is 6.79. The number of benzene rings is 2. The lowest BCUT2D eigenvalue weighted by atomic mass is 10.1. The van der Waals surface area contributed by atoms with Crippen LogP contribution in [0.2, 0.25) is 0 Å². The molecule has 5 heteroatoms. The lowest BCUT2D eigenvalue weighted by Crippen LogP contribution is -2.38. The van der Waals surface area contributed by atoms with Gasteiger partial charge in [-0.1, -0.05) is 24.3 Å². The van der Waals surface area contributed by atoms with Crippen LogP contribution in [0.1, 0.15) is 35.2 Å². The van der Waals surface area contributed by atoms with Gasteiger partial charge in [0.15, 0.2) is 6.61 Å². The summed E-state index contributed by atoms with van der Waals surface area (Å²) in [6.45, 7) is 2.14. The minimum absolute atomic E-state index is 0.0451. The highest BCUT2D eigenvalue weighted by Crippen LogP contribution is 2.32. The molecule has 26 heavy (non-hydrogen) atoms. The summed E-state index contributed by atoms with van der Waals surface area (Å²) in [6.07, 6.45) is 3.34. The van der Waals surface area contributed by atoms with E-state index < -0.39 is 0 Å². The maximum absolute atomic E-state index is 12.7. The quantitative estimate of drug-likeness (QED) is 0.854. The number of ether oxygens (including phenoxy) is 1. The SMILES string of the molecule is O=C(c1cccc(CN2C(=O)COc3ccccc32)c1)N1CCCCC1. The van der Waals surface area contributed by atoms with E-state index in [0.717, 1.165) is 37.2 Å². The Hall–Kier alpha value is -2.82. The lowest BCUT2D eigenvalue weighted by Gasteiger charge is -2.30. The van der Waals surface area contributed by atoms with Crippen LogP contribution in [0.25, 0.3) is 0 Å². The molecule has 2 aromatic carbocycles. The average Bonchev–Trinajstić information content (AvgIpc) is 2.70. The van der Waals surface area contributed by atoms with E-state index in [9.17, 15) is 9.59 Å². The highest BCUT2D eigenvalue weighted by atomic mass is 16.5. The fourth-order valence-corrected chi connectivity index (χ4v) is 3.59. The van der Waals surface area contributed by atoms with Crippen molar-refractivity contribution in [2.24, 2.45) is 0 Å². The molecule has 4 rings (SSSR count). The molecule has 0 atom stereocenters. The van der Waals surface area contributed by atoms with Crippen molar-refractivity contribution in [3.05, 3.63) is 59.7 Å². The molecule has 2 aliphatic rings. The molecular weight excluding hydrogens is 328 g/mol. The molecule has 0 spiro atoms. The van der Waals surface area contributed by atoms with Crippen LogP contribution in [0.4, 0.5) is 5.69 Å². The first-order valence-electron chi connectivity index (χ1n) is 9.13. The van der Waals surface area contributed by atoms with E-state index in [1.165, 1.54) is 6.42 Å². The molecule has 0 aromatic heterocycles. The number of rotatable bonds is 3. The second-order valence-corrected chi connectivity index (χ2v) is 6.79. The fourth-order valence-electron chi connectivity index (χ4n) is 3.59. The van der Waals surface area contributed by atoms with Gasteiger partial charge in [-0.15, -0.1) is 0 Å². The van der Waals surface area contributed by atoms with Crippen molar-refractivity contribution in [1.82, 2.24) is 4.90 Å². The molecule has 5 nitrogen and oxygen atoms in total. The van der Waals surface area contributed by atoms with Crippen LogP contribution in [-0.2, 0) is 11.3 Å². The van der Waals surface area contributed by atoms with Gasteiger partial charge >= 0.3 is 0 Å². The summed E-state index contributed by atoms with van der Waals surface area (Å²) in [5.41, 5.74) is 2.41. The Morgan fingerprint density at radius 3 is 2.65 bits per heavy atom. The summed E-state index contributed by atoms with van der Waals surface area (Å²) < 4.78 is 5.49. The van der Waals surface area contributed by atoms with E-state index in [-0.39, 0.29) is 18.4 Å². The van der Waals surface area contributed by atoms with Crippen molar-refractivity contribution in [3.8, 4) is 5.75 Å². The molecule has 0 radical (unpaired) electrons. The molecule has 0 unspecified atom stereocenters. The Balaban J connectivity index is 1.56. The number of para-hydroxylation sites is 2. The largest absolute Gasteiger partial charge is 0.482 e. The van der Waals surface area contributed by atoms with Crippen LogP contribution >= 0.6 is 0 Å². The van der Waals surface area contributed by atoms with Crippen molar-refractivity contribution in [1.29, 1.82) is 0 Å². The van der Waals surface area contributed by atoms with Gasteiger partial charge in [0.05, 0.1) is 12.2 Å². The van der Waals surface area contributed by atoms with Gasteiger partial charge < -0.3 is 14.5 Å². The molecule has 2 aromatic rings. The number of carbonyl (C=O) groups is 2. The predicted octanol–water partition coefficient (Wildman–Crippen LogP) is 3.24. The first kappa shape index (κ1) is 16.6. The third-order valence-corrected chi connectivity index (χ3v) is 4.97. The number of hydrogen-bond donors (Lipinski definition) is 0. The standard InChI is InChI=1S/C21H22N2O3/c24-20-15-26-19-10-3-2-9-18(19)23(20)14-16-7-6-8-17(13-16)21(25)22-11-4-1-5-12-22/h2-3,6-10,13H,1,4-5,11-12,14-15H2. The Labute approximate surface area is 153 Å². The summed E-state index contributed by atoms with van der Waals surface area (Å²) in [6, 6.07) is 15.1. The Morgan fingerprint density at radius 1 is 1.00 bits per heavy atom. The maximum atomic E-state index is 12.7. The van der Waals surface area contributed by atoms with Crippen LogP contribution < -0.4 is 9.64 Å². The van der Waals surface area contributed by atoms with Crippen LogP contribution in [0.15, 0.2) is 48.5 Å².